The number of nitrogens with zero attached hydrogens (tertiary/aromatic N) is 3. The summed E-state index contributed by atoms with van der Waals surface area (Å²) in [5.41, 5.74) is 0.885. The topological polar surface area (TPSA) is 47.0 Å². The van der Waals surface area contributed by atoms with Gasteiger partial charge in [0.2, 0.25) is 0 Å². The monoisotopic (exact) mass is 357 g/mol. The van der Waals surface area contributed by atoms with Crippen LogP contribution in [0.3, 0.4) is 0 Å². The summed E-state index contributed by atoms with van der Waals surface area (Å²) in [7, 11) is 2.15. The van der Waals surface area contributed by atoms with Crippen molar-refractivity contribution in [3.05, 3.63) is 35.9 Å². The van der Waals surface area contributed by atoms with E-state index in [2.05, 4.69) is 41.1 Å². The predicted molar refractivity (Wildman–Crippen MR) is 102 cm³/mol. The Bertz CT molecular complexity index is 629. The Morgan fingerprint density at radius 1 is 1.19 bits per heavy atom. The Labute approximate surface area is 156 Å². The standard InChI is InChI=1S/C21H31N3O2/c1-22-9-11-23(12-10-22)13-14-24(20(25)26)21(18-5-3-2-4-6-18)16-17-7-8-19(21)15-17/h2-6,17,19H,7-16H2,1H3,(H,25,26). The molecule has 0 spiro atoms. The van der Waals surface area contributed by atoms with Crippen molar-refractivity contribution in [2.75, 3.05) is 46.3 Å². The molecule has 2 aliphatic carbocycles. The second-order valence-corrected chi connectivity index (χ2v) is 8.45. The molecule has 5 nitrogen and oxygen atoms in total. The van der Waals surface area contributed by atoms with Gasteiger partial charge in [-0.25, -0.2) is 4.79 Å². The van der Waals surface area contributed by atoms with Gasteiger partial charge in [0, 0.05) is 39.3 Å². The molecule has 3 unspecified atom stereocenters. The van der Waals surface area contributed by atoms with Gasteiger partial charge in [-0.15, -0.1) is 0 Å². The molecule has 5 heteroatoms. The molecule has 26 heavy (non-hydrogen) atoms. The number of hydrogen-bond acceptors (Lipinski definition) is 3. The van der Waals surface area contributed by atoms with Crippen LogP contribution in [0, 0.1) is 11.8 Å². The molecule has 2 saturated carbocycles. The van der Waals surface area contributed by atoms with E-state index >= 15 is 0 Å². The van der Waals surface area contributed by atoms with Gasteiger partial charge in [0.05, 0.1) is 5.54 Å². The van der Waals surface area contributed by atoms with E-state index in [1.165, 1.54) is 18.4 Å². The molecule has 3 fully saturated rings. The van der Waals surface area contributed by atoms with Crippen LogP contribution in [0.1, 0.15) is 31.2 Å². The first kappa shape index (κ1) is 17.8. The first-order chi connectivity index (χ1) is 12.6. The highest BCUT2D eigenvalue weighted by Gasteiger charge is 2.56. The van der Waals surface area contributed by atoms with E-state index in [1.54, 1.807) is 0 Å². The average molecular weight is 357 g/mol. The molecular formula is C21H31N3O2. The largest absolute Gasteiger partial charge is 0.465 e. The lowest BCUT2D eigenvalue weighted by molar-refractivity contribution is 0.0249. The molecule has 142 valence electrons. The van der Waals surface area contributed by atoms with Crippen LogP contribution in [0.25, 0.3) is 0 Å². The van der Waals surface area contributed by atoms with E-state index in [0.717, 1.165) is 45.6 Å². The minimum atomic E-state index is -0.754. The van der Waals surface area contributed by atoms with Crippen LogP contribution in [-0.2, 0) is 5.54 Å². The summed E-state index contributed by atoms with van der Waals surface area (Å²) < 4.78 is 0. The molecule has 1 amide bonds. The number of fused-ring (bicyclic) bond motifs is 2. The van der Waals surface area contributed by atoms with E-state index in [1.807, 2.05) is 11.0 Å². The molecule has 4 rings (SSSR count). The van der Waals surface area contributed by atoms with Crippen molar-refractivity contribution in [1.82, 2.24) is 14.7 Å². The smallest absolute Gasteiger partial charge is 0.408 e. The molecule has 3 aliphatic rings. The van der Waals surface area contributed by atoms with Crippen LogP contribution in [0.5, 0.6) is 0 Å². The van der Waals surface area contributed by atoms with Gasteiger partial charge in [-0.3, -0.25) is 9.80 Å². The van der Waals surface area contributed by atoms with E-state index in [4.69, 9.17) is 0 Å². The van der Waals surface area contributed by atoms with Crippen molar-refractivity contribution in [2.45, 2.75) is 31.2 Å². The third kappa shape index (κ3) is 3.12. The van der Waals surface area contributed by atoms with Gasteiger partial charge < -0.3 is 10.0 Å². The summed E-state index contributed by atoms with van der Waals surface area (Å²) in [5.74, 6) is 1.16. The summed E-state index contributed by atoms with van der Waals surface area (Å²) in [5, 5.41) is 10.2. The van der Waals surface area contributed by atoms with Gasteiger partial charge in [-0.1, -0.05) is 30.3 Å². The highest BCUT2D eigenvalue weighted by atomic mass is 16.4. The van der Waals surface area contributed by atoms with Crippen molar-refractivity contribution < 1.29 is 9.90 Å². The van der Waals surface area contributed by atoms with Crippen LogP contribution in [0.2, 0.25) is 0 Å². The van der Waals surface area contributed by atoms with E-state index in [9.17, 15) is 9.90 Å². The number of amides is 1. The fraction of sp³-hybridized carbons (Fsp3) is 0.667. The van der Waals surface area contributed by atoms with Gasteiger partial charge >= 0.3 is 6.09 Å². The van der Waals surface area contributed by atoms with Crippen molar-refractivity contribution in [3.63, 3.8) is 0 Å². The van der Waals surface area contributed by atoms with Gasteiger partial charge in [0.25, 0.3) is 0 Å². The zero-order valence-electron chi connectivity index (χ0n) is 15.8. The number of carbonyl (C=O) groups is 1. The maximum atomic E-state index is 12.4. The first-order valence-corrected chi connectivity index (χ1v) is 10.1. The molecule has 1 saturated heterocycles. The summed E-state index contributed by atoms with van der Waals surface area (Å²) in [6.45, 7) is 5.66. The Balaban J connectivity index is 1.57. The predicted octanol–water partition coefficient (Wildman–Crippen LogP) is 2.93. The summed E-state index contributed by atoms with van der Waals surface area (Å²) in [6.07, 6.45) is 3.86. The van der Waals surface area contributed by atoms with Gasteiger partial charge in [-0.2, -0.15) is 0 Å². The van der Waals surface area contributed by atoms with Crippen LogP contribution in [0.4, 0.5) is 4.79 Å². The number of piperazine rings is 1. The lowest BCUT2D eigenvalue weighted by Crippen LogP contribution is -2.55. The third-order valence-corrected chi connectivity index (χ3v) is 7.04. The maximum Gasteiger partial charge on any atom is 0.408 e. The van der Waals surface area contributed by atoms with Crippen LogP contribution >= 0.6 is 0 Å². The first-order valence-electron chi connectivity index (χ1n) is 10.1. The number of benzene rings is 1. The Morgan fingerprint density at radius 2 is 1.92 bits per heavy atom. The minimum Gasteiger partial charge on any atom is -0.465 e. The second kappa shape index (κ2) is 7.20. The Morgan fingerprint density at radius 3 is 2.50 bits per heavy atom. The fourth-order valence-electron chi connectivity index (χ4n) is 5.65. The van der Waals surface area contributed by atoms with Gasteiger partial charge in [0.15, 0.2) is 0 Å². The quantitative estimate of drug-likeness (QED) is 0.880. The molecular weight excluding hydrogens is 326 g/mol. The van der Waals surface area contributed by atoms with E-state index in [0.29, 0.717) is 18.4 Å². The van der Waals surface area contributed by atoms with Gasteiger partial charge in [0.1, 0.15) is 0 Å². The highest BCUT2D eigenvalue weighted by Crippen LogP contribution is 2.58. The lowest BCUT2D eigenvalue weighted by Gasteiger charge is -2.47. The molecule has 1 N–H and O–H groups in total. The highest BCUT2D eigenvalue weighted by molar-refractivity contribution is 5.67. The van der Waals surface area contributed by atoms with Gasteiger partial charge in [-0.05, 0) is 50.1 Å². The molecule has 0 radical (unpaired) electrons. The Kier molecular flexibility index (Phi) is 4.93. The molecule has 1 aliphatic heterocycles. The van der Waals surface area contributed by atoms with Crippen molar-refractivity contribution >= 4 is 6.09 Å². The molecule has 0 aromatic heterocycles. The molecule has 1 aromatic rings. The average Bonchev–Trinajstić information content (AvgIpc) is 3.26. The number of carboxylic acid groups (broad SMARTS) is 1. The molecule has 1 heterocycles. The normalized spacial score (nSPS) is 32.0. The van der Waals surface area contributed by atoms with Crippen LogP contribution in [-0.4, -0.2) is 72.2 Å². The van der Waals surface area contributed by atoms with E-state index < -0.39 is 6.09 Å². The Hall–Kier alpha value is -1.59. The summed E-state index contributed by atoms with van der Waals surface area (Å²) in [6, 6.07) is 10.4. The molecule has 2 bridgehead atoms. The summed E-state index contributed by atoms with van der Waals surface area (Å²) >= 11 is 0. The van der Waals surface area contributed by atoms with E-state index in [-0.39, 0.29) is 5.54 Å². The molecule has 1 aromatic carbocycles. The maximum absolute atomic E-state index is 12.4. The lowest BCUT2D eigenvalue weighted by atomic mass is 9.74. The zero-order valence-corrected chi connectivity index (χ0v) is 15.8. The van der Waals surface area contributed by atoms with Crippen LogP contribution < -0.4 is 0 Å². The molecule has 3 atom stereocenters. The van der Waals surface area contributed by atoms with Crippen molar-refractivity contribution in [2.24, 2.45) is 11.8 Å². The second-order valence-electron chi connectivity index (χ2n) is 8.45. The number of rotatable bonds is 5. The van der Waals surface area contributed by atoms with Crippen molar-refractivity contribution in [1.29, 1.82) is 0 Å². The summed E-state index contributed by atoms with van der Waals surface area (Å²) in [4.78, 5) is 18.9. The van der Waals surface area contributed by atoms with Crippen LogP contribution in [0.15, 0.2) is 30.3 Å². The minimum absolute atomic E-state index is 0.317. The number of likely N-dealkylation sites (N-methyl/N-ethyl adjacent to an activating group) is 1. The fourth-order valence-corrected chi connectivity index (χ4v) is 5.65. The van der Waals surface area contributed by atoms with Crippen molar-refractivity contribution in [3.8, 4) is 0 Å². The number of hydrogen-bond donors (Lipinski definition) is 1. The zero-order chi connectivity index (χ0) is 18.1. The third-order valence-electron chi connectivity index (χ3n) is 7.04. The SMILES string of the molecule is CN1CCN(CCN(C(=O)O)C2(c3ccccc3)CC3CCC2C3)CC1.